The highest BCUT2D eigenvalue weighted by Gasteiger charge is 2.48. The topological polar surface area (TPSA) is 95.5 Å². The predicted octanol–water partition coefficient (Wildman–Crippen LogP) is 5.47. The second-order valence-corrected chi connectivity index (χ2v) is 12.9. The van der Waals surface area contributed by atoms with Crippen LogP contribution in [0.5, 0.6) is 0 Å². The van der Waals surface area contributed by atoms with E-state index in [0.717, 1.165) is 34.1 Å². The van der Waals surface area contributed by atoms with Crippen molar-refractivity contribution in [3.05, 3.63) is 59.2 Å². The summed E-state index contributed by atoms with van der Waals surface area (Å²) in [5.41, 5.74) is 4.15. The molecule has 7 heteroatoms. The van der Waals surface area contributed by atoms with E-state index >= 15 is 0 Å². The van der Waals surface area contributed by atoms with E-state index in [1.165, 1.54) is 32.1 Å². The standard InChI is InChI=1S/C32H40N2O4S/c1-19-5-3-4-6-25(19)27-18-20(7-9-26(27)31(36)33-28(32(37)38)11-12-39-2)8-10-29(35)34-30-23-14-21-13-22(16-23)17-24(30)15-21/h3-7,9,18,21-24,28,30H,8,10-17H2,1-2H3,(H,33,36)(H,34,35)(H,37,38)/t21?,22?,23?,24?,28-,30?/m0/s1. The van der Waals surface area contributed by atoms with Crippen LogP contribution in [0.2, 0.25) is 0 Å². The molecular formula is C32H40N2O4S. The summed E-state index contributed by atoms with van der Waals surface area (Å²) in [5.74, 6) is 2.41. The first-order chi connectivity index (χ1) is 18.8. The Kier molecular flexibility index (Phi) is 8.65. The summed E-state index contributed by atoms with van der Waals surface area (Å²) in [6.07, 6.45) is 9.80. The second kappa shape index (κ2) is 12.2. The van der Waals surface area contributed by atoms with Crippen molar-refractivity contribution in [1.82, 2.24) is 10.6 Å². The van der Waals surface area contributed by atoms with Gasteiger partial charge in [-0.05, 0) is 116 Å². The van der Waals surface area contributed by atoms with Gasteiger partial charge in [0.15, 0.2) is 0 Å². The lowest BCUT2D eigenvalue weighted by atomic mass is 9.54. The van der Waals surface area contributed by atoms with Crippen LogP contribution in [0, 0.1) is 30.6 Å². The minimum atomic E-state index is -1.03. The normalized spacial score (nSPS) is 25.7. The van der Waals surface area contributed by atoms with Gasteiger partial charge in [0.25, 0.3) is 5.91 Å². The summed E-state index contributed by atoms with van der Waals surface area (Å²) in [6.45, 7) is 2.00. The SMILES string of the molecule is CSCC[C@H](NC(=O)c1ccc(CCC(=O)NC2C3CC4CC(C3)CC2C4)cc1-c1ccccc1C)C(=O)O. The number of carbonyl (C=O) groups excluding carboxylic acids is 2. The maximum Gasteiger partial charge on any atom is 0.326 e. The van der Waals surface area contributed by atoms with Crippen LogP contribution in [0.3, 0.4) is 0 Å². The van der Waals surface area contributed by atoms with E-state index in [1.54, 1.807) is 17.8 Å². The van der Waals surface area contributed by atoms with Crippen LogP contribution in [-0.2, 0) is 16.0 Å². The number of hydrogen-bond donors (Lipinski definition) is 3. The molecule has 3 N–H and O–H groups in total. The maximum absolute atomic E-state index is 13.3. The number of nitrogens with one attached hydrogen (secondary N) is 2. The molecule has 2 aromatic carbocycles. The first-order valence-electron chi connectivity index (χ1n) is 14.3. The molecule has 4 aliphatic rings. The van der Waals surface area contributed by atoms with Crippen molar-refractivity contribution in [2.75, 3.05) is 12.0 Å². The summed E-state index contributed by atoms with van der Waals surface area (Å²) in [7, 11) is 0. The quantitative estimate of drug-likeness (QED) is 0.346. The Hall–Kier alpha value is -2.80. The number of carboxylic acids is 1. The van der Waals surface area contributed by atoms with Gasteiger partial charge in [0.1, 0.15) is 6.04 Å². The van der Waals surface area contributed by atoms with Crippen molar-refractivity contribution in [2.45, 2.75) is 70.4 Å². The third-order valence-corrected chi connectivity index (χ3v) is 9.82. The van der Waals surface area contributed by atoms with Gasteiger partial charge in [0, 0.05) is 18.0 Å². The van der Waals surface area contributed by atoms with Crippen molar-refractivity contribution in [1.29, 1.82) is 0 Å². The molecule has 0 saturated heterocycles. The molecule has 0 aliphatic heterocycles. The van der Waals surface area contributed by atoms with E-state index in [2.05, 4.69) is 10.6 Å². The molecule has 4 bridgehead atoms. The molecular weight excluding hydrogens is 508 g/mol. The highest BCUT2D eigenvalue weighted by Crippen LogP contribution is 2.53. The zero-order valence-corrected chi connectivity index (χ0v) is 23.8. The number of hydrogen-bond acceptors (Lipinski definition) is 4. The van der Waals surface area contributed by atoms with Crippen LogP contribution in [0.15, 0.2) is 42.5 Å². The zero-order valence-electron chi connectivity index (χ0n) is 22.9. The van der Waals surface area contributed by atoms with E-state index in [-0.39, 0.29) is 5.91 Å². The maximum atomic E-state index is 13.3. The molecule has 6 nitrogen and oxygen atoms in total. The van der Waals surface area contributed by atoms with Gasteiger partial charge in [0.2, 0.25) is 5.91 Å². The molecule has 0 aromatic heterocycles. The Bertz CT molecular complexity index is 1200. The Labute approximate surface area is 235 Å². The number of benzene rings is 2. The second-order valence-electron chi connectivity index (χ2n) is 11.9. The first kappa shape index (κ1) is 27.8. The molecule has 2 aromatic rings. The van der Waals surface area contributed by atoms with Gasteiger partial charge in [-0.25, -0.2) is 4.79 Å². The van der Waals surface area contributed by atoms with E-state index in [0.29, 0.717) is 48.5 Å². The van der Waals surface area contributed by atoms with Gasteiger partial charge in [-0.15, -0.1) is 0 Å². The molecule has 0 heterocycles. The van der Waals surface area contributed by atoms with Crippen molar-refractivity contribution in [3.8, 4) is 11.1 Å². The van der Waals surface area contributed by atoms with Gasteiger partial charge in [0.05, 0.1) is 0 Å². The lowest BCUT2D eigenvalue weighted by Crippen LogP contribution is -2.55. The summed E-state index contributed by atoms with van der Waals surface area (Å²) >= 11 is 1.55. The average molecular weight is 549 g/mol. The Morgan fingerprint density at radius 3 is 2.31 bits per heavy atom. The van der Waals surface area contributed by atoms with Gasteiger partial charge < -0.3 is 15.7 Å². The van der Waals surface area contributed by atoms with Gasteiger partial charge in [-0.2, -0.15) is 11.8 Å². The third-order valence-electron chi connectivity index (χ3n) is 9.17. The summed E-state index contributed by atoms with van der Waals surface area (Å²) in [6, 6.07) is 12.9. The van der Waals surface area contributed by atoms with E-state index < -0.39 is 17.9 Å². The van der Waals surface area contributed by atoms with Crippen LogP contribution >= 0.6 is 11.8 Å². The van der Waals surface area contributed by atoms with Crippen molar-refractivity contribution in [3.63, 3.8) is 0 Å². The lowest BCUT2D eigenvalue weighted by Gasteiger charge is -2.54. The van der Waals surface area contributed by atoms with Crippen molar-refractivity contribution in [2.24, 2.45) is 23.7 Å². The molecule has 4 fully saturated rings. The van der Waals surface area contributed by atoms with Crippen LogP contribution in [-0.4, -0.2) is 47.0 Å². The number of aliphatic carboxylic acids is 1. The molecule has 4 saturated carbocycles. The van der Waals surface area contributed by atoms with E-state index in [4.69, 9.17) is 0 Å². The predicted molar refractivity (Wildman–Crippen MR) is 156 cm³/mol. The fraction of sp³-hybridized carbons (Fsp3) is 0.531. The smallest absolute Gasteiger partial charge is 0.326 e. The van der Waals surface area contributed by atoms with Crippen LogP contribution in [0.1, 0.15) is 66.4 Å². The number of thioether (sulfide) groups is 1. The number of carboxylic acid groups (broad SMARTS) is 1. The fourth-order valence-electron chi connectivity index (χ4n) is 7.45. The third kappa shape index (κ3) is 6.34. The average Bonchev–Trinajstić information content (AvgIpc) is 2.91. The minimum absolute atomic E-state index is 0.116. The number of carbonyl (C=O) groups is 3. The fourth-order valence-corrected chi connectivity index (χ4v) is 7.92. The van der Waals surface area contributed by atoms with Gasteiger partial charge in [-0.1, -0.05) is 36.4 Å². The van der Waals surface area contributed by atoms with E-state index in [9.17, 15) is 19.5 Å². The molecule has 1 atom stereocenters. The summed E-state index contributed by atoms with van der Waals surface area (Å²) in [4.78, 5) is 38.1. The Morgan fingerprint density at radius 2 is 1.67 bits per heavy atom. The molecule has 208 valence electrons. The van der Waals surface area contributed by atoms with Crippen LogP contribution < -0.4 is 10.6 Å². The highest BCUT2D eigenvalue weighted by molar-refractivity contribution is 7.98. The molecule has 0 spiro atoms. The van der Waals surface area contributed by atoms with Crippen molar-refractivity contribution >= 4 is 29.5 Å². The summed E-state index contributed by atoms with van der Waals surface area (Å²) < 4.78 is 0. The first-order valence-corrected chi connectivity index (χ1v) is 15.7. The molecule has 4 aliphatic carbocycles. The van der Waals surface area contributed by atoms with Crippen LogP contribution in [0.4, 0.5) is 0 Å². The largest absolute Gasteiger partial charge is 0.480 e. The molecule has 0 unspecified atom stereocenters. The molecule has 6 rings (SSSR count). The van der Waals surface area contributed by atoms with Crippen molar-refractivity contribution < 1.29 is 19.5 Å². The number of aryl methyl sites for hydroxylation is 2. The van der Waals surface area contributed by atoms with Crippen LogP contribution in [0.25, 0.3) is 11.1 Å². The molecule has 0 radical (unpaired) electrons. The Morgan fingerprint density at radius 1 is 0.974 bits per heavy atom. The van der Waals surface area contributed by atoms with Gasteiger partial charge in [-0.3, -0.25) is 9.59 Å². The van der Waals surface area contributed by atoms with E-state index in [1.807, 2.05) is 49.6 Å². The number of rotatable bonds is 11. The van der Waals surface area contributed by atoms with Gasteiger partial charge >= 0.3 is 5.97 Å². The molecule has 39 heavy (non-hydrogen) atoms. The zero-order chi connectivity index (χ0) is 27.5. The highest BCUT2D eigenvalue weighted by atomic mass is 32.2. The lowest BCUT2D eigenvalue weighted by molar-refractivity contribution is -0.139. The molecule has 2 amide bonds. The summed E-state index contributed by atoms with van der Waals surface area (Å²) in [5, 5.41) is 15.7. The minimum Gasteiger partial charge on any atom is -0.480 e. The monoisotopic (exact) mass is 548 g/mol. The number of amides is 2. The Balaban J connectivity index is 1.30.